The van der Waals surface area contributed by atoms with Gasteiger partial charge in [-0.15, -0.1) is 11.3 Å². The average Bonchev–Trinajstić information content (AvgIpc) is 3.16. The molecule has 2 aromatic heterocycles. The van der Waals surface area contributed by atoms with Crippen LogP contribution < -0.4 is 4.90 Å². The molecule has 140 valence electrons. The number of anilines is 3. The van der Waals surface area contributed by atoms with Crippen molar-refractivity contribution >= 4 is 59.5 Å². The van der Waals surface area contributed by atoms with Crippen LogP contribution in [0.3, 0.4) is 0 Å². The van der Waals surface area contributed by atoms with Gasteiger partial charge in [-0.1, -0.05) is 54.6 Å². The van der Waals surface area contributed by atoms with Gasteiger partial charge in [-0.25, -0.2) is 4.98 Å². The first-order valence-electron chi connectivity index (χ1n) is 10.1. The van der Waals surface area contributed by atoms with Gasteiger partial charge in [0.05, 0.1) is 11.4 Å². The lowest BCUT2D eigenvalue weighted by Crippen LogP contribution is -2.16. The quantitative estimate of drug-likeness (QED) is 0.277. The van der Waals surface area contributed by atoms with E-state index < -0.39 is 0 Å². The Morgan fingerprint density at radius 3 is 2.40 bits per heavy atom. The lowest BCUT2D eigenvalue weighted by Gasteiger charge is -2.32. The molecule has 0 N–H and O–H groups in total. The van der Waals surface area contributed by atoms with E-state index in [4.69, 9.17) is 4.98 Å². The summed E-state index contributed by atoms with van der Waals surface area (Å²) in [6.07, 6.45) is 1.87. The Labute approximate surface area is 177 Å². The molecule has 0 unspecified atom stereocenters. The van der Waals surface area contributed by atoms with E-state index in [0.717, 1.165) is 5.82 Å². The van der Waals surface area contributed by atoms with E-state index >= 15 is 0 Å². The molecule has 3 heteroatoms. The number of thiophene rings is 1. The van der Waals surface area contributed by atoms with E-state index in [1.807, 2.05) is 23.6 Å². The summed E-state index contributed by atoms with van der Waals surface area (Å²) >= 11 is 1.86. The maximum absolute atomic E-state index is 4.71. The molecule has 1 aliphatic rings. The first kappa shape index (κ1) is 16.1. The predicted molar refractivity (Wildman–Crippen MR) is 128 cm³/mol. The molecule has 0 bridgehead atoms. The fourth-order valence-electron chi connectivity index (χ4n) is 4.76. The molecule has 0 amide bonds. The van der Waals surface area contributed by atoms with Crippen LogP contribution in [-0.2, 0) is 0 Å². The fraction of sp³-hybridized carbons (Fsp3) is 0. The SMILES string of the molecule is c1ccc(N2c3cc4sc5ccccc5c4cc3-c3cccc4cccc2c34)nc1. The minimum Gasteiger partial charge on any atom is -0.294 e. The van der Waals surface area contributed by atoms with Crippen molar-refractivity contribution in [3.8, 4) is 11.1 Å². The maximum Gasteiger partial charge on any atom is 0.137 e. The van der Waals surface area contributed by atoms with Crippen LogP contribution in [-0.4, -0.2) is 4.98 Å². The third-order valence-electron chi connectivity index (χ3n) is 6.03. The Balaban J connectivity index is 1.67. The number of rotatable bonds is 1. The lowest BCUT2D eigenvalue weighted by molar-refractivity contribution is 1.18. The fourth-order valence-corrected chi connectivity index (χ4v) is 5.88. The number of nitrogens with zero attached hydrogens (tertiary/aromatic N) is 2. The minimum absolute atomic E-state index is 0.946. The number of fused-ring (bicyclic) bond motifs is 5. The molecule has 0 fully saturated rings. The minimum atomic E-state index is 0.946. The smallest absolute Gasteiger partial charge is 0.137 e. The molecule has 4 aromatic carbocycles. The second-order valence-corrected chi connectivity index (χ2v) is 8.75. The summed E-state index contributed by atoms with van der Waals surface area (Å²) in [6.45, 7) is 0. The molecule has 30 heavy (non-hydrogen) atoms. The zero-order valence-electron chi connectivity index (χ0n) is 16.0. The third-order valence-corrected chi connectivity index (χ3v) is 7.16. The van der Waals surface area contributed by atoms with E-state index in [0.29, 0.717) is 0 Å². The second-order valence-electron chi connectivity index (χ2n) is 7.67. The van der Waals surface area contributed by atoms with Crippen LogP contribution in [0.15, 0.2) is 97.2 Å². The number of hydrogen-bond acceptors (Lipinski definition) is 3. The molecule has 7 rings (SSSR count). The topological polar surface area (TPSA) is 16.1 Å². The van der Waals surface area contributed by atoms with Gasteiger partial charge in [0, 0.05) is 37.3 Å². The first-order valence-corrected chi connectivity index (χ1v) is 10.9. The average molecular weight is 401 g/mol. The Morgan fingerprint density at radius 1 is 0.633 bits per heavy atom. The van der Waals surface area contributed by atoms with Crippen LogP contribution in [0.4, 0.5) is 17.2 Å². The van der Waals surface area contributed by atoms with Gasteiger partial charge >= 0.3 is 0 Å². The number of pyridine rings is 1. The molecule has 0 radical (unpaired) electrons. The molecule has 6 aromatic rings. The molecule has 0 aliphatic carbocycles. The van der Waals surface area contributed by atoms with Gasteiger partial charge in [-0.3, -0.25) is 4.90 Å². The largest absolute Gasteiger partial charge is 0.294 e. The molecule has 1 aliphatic heterocycles. The standard InChI is InChI=1S/C27H16N2S/c1-2-12-24-18(9-1)21-15-20-19-10-5-7-17-8-6-11-22(27(17)19)29(23(20)16-25(21)30-24)26-13-3-4-14-28-26/h1-16H. The van der Waals surface area contributed by atoms with Crippen LogP contribution >= 0.6 is 11.3 Å². The van der Waals surface area contributed by atoms with Crippen molar-refractivity contribution in [2.45, 2.75) is 0 Å². The second kappa shape index (κ2) is 5.91. The van der Waals surface area contributed by atoms with Gasteiger partial charge < -0.3 is 0 Å². The van der Waals surface area contributed by atoms with Gasteiger partial charge in [0.15, 0.2) is 0 Å². The monoisotopic (exact) mass is 400 g/mol. The van der Waals surface area contributed by atoms with Crippen molar-refractivity contribution in [2.24, 2.45) is 0 Å². The van der Waals surface area contributed by atoms with Gasteiger partial charge in [-0.2, -0.15) is 0 Å². The van der Waals surface area contributed by atoms with Crippen molar-refractivity contribution in [3.05, 3.63) is 97.2 Å². The summed E-state index contributed by atoms with van der Waals surface area (Å²) in [4.78, 5) is 7.03. The summed E-state index contributed by atoms with van der Waals surface area (Å²) < 4.78 is 2.64. The maximum atomic E-state index is 4.71. The zero-order valence-corrected chi connectivity index (χ0v) is 16.9. The van der Waals surface area contributed by atoms with Gasteiger partial charge in [0.25, 0.3) is 0 Å². The molecule has 3 heterocycles. The molecule has 2 nitrogen and oxygen atoms in total. The molecule has 0 spiro atoms. The zero-order chi connectivity index (χ0) is 19.7. The number of hydrogen-bond donors (Lipinski definition) is 0. The highest BCUT2D eigenvalue weighted by Crippen LogP contribution is 2.52. The highest BCUT2D eigenvalue weighted by atomic mass is 32.1. The number of benzene rings is 4. The predicted octanol–water partition coefficient (Wildman–Crippen LogP) is 8.05. The molecular formula is C27H16N2S. The van der Waals surface area contributed by atoms with E-state index in [-0.39, 0.29) is 0 Å². The summed E-state index contributed by atoms with van der Waals surface area (Å²) in [6, 6.07) is 32.7. The normalized spacial score (nSPS) is 12.6. The van der Waals surface area contributed by atoms with Crippen molar-refractivity contribution in [1.82, 2.24) is 4.98 Å². The van der Waals surface area contributed by atoms with E-state index in [1.54, 1.807) is 0 Å². The van der Waals surface area contributed by atoms with Crippen LogP contribution in [0.2, 0.25) is 0 Å². The summed E-state index contributed by atoms with van der Waals surface area (Å²) in [7, 11) is 0. The first-order chi connectivity index (χ1) is 14.9. The van der Waals surface area contributed by atoms with Crippen LogP contribution in [0.1, 0.15) is 0 Å². The Bertz CT molecular complexity index is 1590. The van der Waals surface area contributed by atoms with Crippen molar-refractivity contribution in [3.63, 3.8) is 0 Å². The Hall–Kier alpha value is -3.69. The van der Waals surface area contributed by atoms with Crippen molar-refractivity contribution in [1.29, 1.82) is 0 Å². The van der Waals surface area contributed by atoms with Crippen molar-refractivity contribution < 1.29 is 0 Å². The molecule has 0 saturated carbocycles. The summed E-state index contributed by atoms with van der Waals surface area (Å²) in [5, 5.41) is 5.20. The summed E-state index contributed by atoms with van der Waals surface area (Å²) in [5.41, 5.74) is 4.94. The number of aromatic nitrogens is 1. The van der Waals surface area contributed by atoms with Crippen LogP contribution in [0, 0.1) is 0 Å². The highest BCUT2D eigenvalue weighted by molar-refractivity contribution is 7.25. The van der Waals surface area contributed by atoms with E-state index in [1.165, 1.54) is 53.4 Å². The van der Waals surface area contributed by atoms with Crippen LogP contribution in [0.25, 0.3) is 42.1 Å². The van der Waals surface area contributed by atoms with E-state index in [9.17, 15) is 0 Å². The van der Waals surface area contributed by atoms with E-state index in [2.05, 4.69) is 89.8 Å². The van der Waals surface area contributed by atoms with Gasteiger partial charge in [0.2, 0.25) is 0 Å². The Kier molecular flexibility index (Phi) is 3.18. The van der Waals surface area contributed by atoms with Crippen molar-refractivity contribution in [2.75, 3.05) is 4.90 Å². The van der Waals surface area contributed by atoms with Gasteiger partial charge in [0.1, 0.15) is 5.82 Å². The lowest BCUT2D eigenvalue weighted by atomic mass is 9.90. The van der Waals surface area contributed by atoms with Gasteiger partial charge in [-0.05, 0) is 47.3 Å². The summed E-state index contributed by atoms with van der Waals surface area (Å²) in [5.74, 6) is 0.946. The molecule has 0 saturated heterocycles. The third kappa shape index (κ3) is 2.10. The Morgan fingerprint density at radius 2 is 1.50 bits per heavy atom. The highest BCUT2D eigenvalue weighted by Gasteiger charge is 2.27. The molecule has 0 atom stereocenters. The molecular weight excluding hydrogens is 384 g/mol. The van der Waals surface area contributed by atoms with Crippen LogP contribution in [0.5, 0.6) is 0 Å².